The number of nitrogens with zero attached hydrogens (tertiary/aromatic N) is 3. The Balaban J connectivity index is 1.72. The summed E-state index contributed by atoms with van der Waals surface area (Å²) in [5, 5.41) is 6.77. The minimum Gasteiger partial charge on any atom is -0.444 e. The molecule has 1 N–H and O–H groups in total. The molecule has 3 amide bonds. The molecule has 0 fully saturated rings. The zero-order valence-corrected chi connectivity index (χ0v) is 15.7. The Morgan fingerprint density at radius 3 is 2.18 bits per heavy atom. The van der Waals surface area contributed by atoms with E-state index in [1.165, 1.54) is 29.9 Å². The Hall–Kier alpha value is -3.69. The van der Waals surface area contributed by atoms with Crippen molar-refractivity contribution in [1.29, 1.82) is 0 Å². The molecule has 1 aromatic heterocycles. The van der Waals surface area contributed by atoms with Gasteiger partial charge in [-0.15, -0.1) is 0 Å². The average molecular weight is 386 g/mol. The third kappa shape index (κ3) is 3.70. The second kappa shape index (κ2) is 6.80. The van der Waals surface area contributed by atoms with Crippen molar-refractivity contribution in [2.24, 2.45) is 7.05 Å². The topological polar surface area (TPSA) is 120 Å². The molecule has 0 radical (unpaired) electrons. The molecule has 1 aliphatic rings. The normalized spacial score (nSPS) is 13.4. The van der Waals surface area contributed by atoms with Gasteiger partial charge in [-0.3, -0.25) is 19.6 Å². The van der Waals surface area contributed by atoms with Crippen molar-refractivity contribution in [3.63, 3.8) is 0 Å². The first-order valence-electron chi connectivity index (χ1n) is 8.31. The van der Waals surface area contributed by atoms with Crippen molar-refractivity contribution in [1.82, 2.24) is 14.8 Å². The van der Waals surface area contributed by atoms with Gasteiger partial charge < -0.3 is 9.57 Å². The van der Waals surface area contributed by atoms with E-state index in [0.717, 1.165) is 0 Å². The number of aromatic nitrogens is 2. The van der Waals surface area contributed by atoms with E-state index in [1.807, 2.05) is 0 Å². The lowest BCUT2D eigenvalue weighted by Gasteiger charge is -2.19. The van der Waals surface area contributed by atoms with Gasteiger partial charge in [0.15, 0.2) is 5.69 Å². The van der Waals surface area contributed by atoms with Crippen molar-refractivity contribution in [3.05, 3.63) is 47.2 Å². The van der Waals surface area contributed by atoms with Crippen LogP contribution >= 0.6 is 0 Å². The number of ether oxygens (including phenoxy) is 1. The predicted molar refractivity (Wildman–Crippen MR) is 95.4 cm³/mol. The predicted octanol–water partition coefficient (Wildman–Crippen LogP) is 2.14. The molecule has 1 aliphatic heterocycles. The first-order chi connectivity index (χ1) is 13.1. The summed E-state index contributed by atoms with van der Waals surface area (Å²) in [6.45, 7) is 5.13. The van der Waals surface area contributed by atoms with Gasteiger partial charge in [-0.05, 0) is 32.9 Å². The Labute approximate surface area is 160 Å². The molecule has 2 heterocycles. The van der Waals surface area contributed by atoms with Crippen molar-refractivity contribution >= 4 is 29.7 Å². The van der Waals surface area contributed by atoms with Crippen LogP contribution in [0.2, 0.25) is 0 Å². The summed E-state index contributed by atoms with van der Waals surface area (Å²) in [4.78, 5) is 53.6. The molecular formula is C18H18N4O6. The van der Waals surface area contributed by atoms with E-state index < -0.39 is 29.5 Å². The van der Waals surface area contributed by atoms with E-state index in [9.17, 15) is 19.2 Å². The molecule has 0 unspecified atom stereocenters. The SMILES string of the molecule is Cn1nc(C(=O)ON2C(=O)c3ccccc3C2=O)cc1NC(=O)OC(C)(C)C. The van der Waals surface area contributed by atoms with Gasteiger partial charge >= 0.3 is 12.1 Å². The number of amides is 3. The zero-order chi connectivity index (χ0) is 20.6. The highest BCUT2D eigenvalue weighted by molar-refractivity contribution is 6.21. The van der Waals surface area contributed by atoms with Gasteiger partial charge in [0.1, 0.15) is 11.4 Å². The number of carbonyl (C=O) groups is 4. The fraction of sp³-hybridized carbons (Fsp3) is 0.278. The number of anilines is 1. The molecule has 0 saturated heterocycles. The van der Waals surface area contributed by atoms with Crippen molar-refractivity contribution in [3.8, 4) is 0 Å². The van der Waals surface area contributed by atoms with Crippen LogP contribution in [0.3, 0.4) is 0 Å². The fourth-order valence-corrected chi connectivity index (χ4v) is 2.47. The van der Waals surface area contributed by atoms with Crippen molar-refractivity contribution in [2.45, 2.75) is 26.4 Å². The average Bonchev–Trinajstić information content (AvgIpc) is 3.07. The minimum absolute atomic E-state index is 0.147. The van der Waals surface area contributed by atoms with E-state index in [2.05, 4.69) is 10.4 Å². The monoisotopic (exact) mass is 386 g/mol. The van der Waals surface area contributed by atoms with E-state index in [1.54, 1.807) is 32.9 Å². The maximum absolute atomic E-state index is 12.3. The Kier molecular flexibility index (Phi) is 4.63. The summed E-state index contributed by atoms with van der Waals surface area (Å²) in [7, 11) is 1.49. The summed E-state index contributed by atoms with van der Waals surface area (Å²) in [5.41, 5.74) is -0.608. The Morgan fingerprint density at radius 1 is 1.07 bits per heavy atom. The van der Waals surface area contributed by atoms with Crippen LogP contribution in [0.4, 0.5) is 10.6 Å². The minimum atomic E-state index is -1.03. The van der Waals surface area contributed by atoms with Gasteiger partial charge in [-0.1, -0.05) is 17.2 Å². The van der Waals surface area contributed by atoms with Crippen LogP contribution in [-0.2, 0) is 16.6 Å². The van der Waals surface area contributed by atoms with Gasteiger partial charge in [0.25, 0.3) is 11.8 Å². The number of hydrogen-bond donors (Lipinski definition) is 1. The van der Waals surface area contributed by atoms with E-state index in [0.29, 0.717) is 5.06 Å². The number of aryl methyl sites for hydroxylation is 1. The fourth-order valence-electron chi connectivity index (χ4n) is 2.47. The molecule has 28 heavy (non-hydrogen) atoms. The van der Waals surface area contributed by atoms with Crippen LogP contribution in [0, 0.1) is 0 Å². The third-order valence-electron chi connectivity index (χ3n) is 3.65. The number of hydroxylamine groups is 2. The summed E-state index contributed by atoms with van der Waals surface area (Å²) in [5.74, 6) is -2.33. The Morgan fingerprint density at radius 2 is 1.64 bits per heavy atom. The highest BCUT2D eigenvalue weighted by Gasteiger charge is 2.39. The van der Waals surface area contributed by atoms with E-state index >= 15 is 0 Å². The lowest BCUT2D eigenvalue weighted by atomic mass is 10.1. The molecule has 0 saturated carbocycles. The smallest absolute Gasteiger partial charge is 0.413 e. The van der Waals surface area contributed by atoms with Gasteiger partial charge in [-0.2, -0.15) is 5.10 Å². The van der Waals surface area contributed by atoms with Gasteiger partial charge in [-0.25, -0.2) is 9.59 Å². The van der Waals surface area contributed by atoms with Crippen LogP contribution in [0.1, 0.15) is 52.0 Å². The summed E-state index contributed by atoms with van der Waals surface area (Å²) >= 11 is 0. The molecule has 0 bridgehead atoms. The lowest BCUT2D eigenvalue weighted by molar-refractivity contribution is -0.0588. The van der Waals surface area contributed by atoms with Crippen LogP contribution in [-0.4, -0.2) is 44.3 Å². The van der Waals surface area contributed by atoms with Gasteiger partial charge in [0.2, 0.25) is 0 Å². The highest BCUT2D eigenvalue weighted by atomic mass is 16.7. The third-order valence-corrected chi connectivity index (χ3v) is 3.65. The van der Waals surface area contributed by atoms with Gasteiger partial charge in [0, 0.05) is 13.1 Å². The number of hydrogen-bond acceptors (Lipinski definition) is 7. The number of fused-ring (bicyclic) bond motifs is 1. The summed E-state index contributed by atoms with van der Waals surface area (Å²) < 4.78 is 6.36. The number of carbonyl (C=O) groups excluding carboxylic acids is 4. The molecule has 1 aromatic carbocycles. The van der Waals surface area contributed by atoms with Crippen LogP contribution in [0.25, 0.3) is 0 Å². The first-order valence-corrected chi connectivity index (χ1v) is 8.31. The molecule has 10 heteroatoms. The Bertz CT molecular complexity index is 953. The number of imide groups is 1. The molecule has 0 spiro atoms. The molecule has 3 rings (SSSR count). The van der Waals surface area contributed by atoms with Crippen LogP contribution in [0.15, 0.2) is 30.3 Å². The first kappa shape index (κ1) is 19.1. The van der Waals surface area contributed by atoms with E-state index in [-0.39, 0.29) is 22.6 Å². The largest absolute Gasteiger partial charge is 0.444 e. The maximum atomic E-state index is 12.3. The summed E-state index contributed by atoms with van der Waals surface area (Å²) in [6.07, 6.45) is -0.726. The number of rotatable bonds is 3. The highest BCUT2D eigenvalue weighted by Crippen LogP contribution is 2.23. The van der Waals surface area contributed by atoms with Crippen LogP contribution in [0.5, 0.6) is 0 Å². The standard InChI is InChI=1S/C18H18N4O6/c1-18(2,3)27-17(26)19-13-9-12(20-21(13)4)16(25)28-22-14(23)10-7-5-6-8-11(10)15(22)24/h5-9H,1-4H3,(H,19,26). The molecule has 0 atom stereocenters. The second-order valence-electron chi connectivity index (χ2n) is 6.99. The maximum Gasteiger partial charge on any atom is 0.413 e. The van der Waals surface area contributed by atoms with Crippen molar-refractivity contribution < 1.29 is 28.8 Å². The van der Waals surface area contributed by atoms with Gasteiger partial charge in [0.05, 0.1) is 11.1 Å². The molecule has 2 aromatic rings. The summed E-state index contributed by atoms with van der Waals surface area (Å²) in [6, 6.07) is 7.37. The van der Waals surface area contributed by atoms with Crippen LogP contribution < -0.4 is 5.32 Å². The number of nitrogens with one attached hydrogen (secondary N) is 1. The molecule has 10 nitrogen and oxygen atoms in total. The molecule has 146 valence electrons. The molecule has 0 aliphatic carbocycles. The quantitative estimate of drug-likeness (QED) is 0.802. The van der Waals surface area contributed by atoms with E-state index in [4.69, 9.17) is 9.57 Å². The second-order valence-corrected chi connectivity index (χ2v) is 6.99. The zero-order valence-electron chi connectivity index (χ0n) is 15.7. The lowest BCUT2D eigenvalue weighted by Crippen LogP contribution is -2.32. The number of benzene rings is 1. The van der Waals surface area contributed by atoms with Crippen molar-refractivity contribution in [2.75, 3.05) is 5.32 Å². The molecular weight excluding hydrogens is 368 g/mol.